The van der Waals surface area contributed by atoms with Gasteiger partial charge in [0, 0.05) is 31.7 Å². The number of rotatable bonds is 6. The third kappa shape index (κ3) is 3.42. The molecule has 1 aliphatic heterocycles. The highest BCUT2D eigenvalue weighted by Gasteiger charge is 2.32. The van der Waals surface area contributed by atoms with Gasteiger partial charge < -0.3 is 15.1 Å². The van der Waals surface area contributed by atoms with Gasteiger partial charge in [-0.1, -0.05) is 13.8 Å². The molecule has 1 aliphatic carbocycles. The van der Waals surface area contributed by atoms with Crippen molar-refractivity contribution in [3.05, 3.63) is 0 Å². The topological polar surface area (TPSA) is 35.6 Å². The predicted octanol–water partition coefficient (Wildman–Crippen LogP) is 0.679. The third-order valence-electron chi connectivity index (χ3n) is 3.72. The summed E-state index contributed by atoms with van der Waals surface area (Å²) >= 11 is 0. The number of hydrogen-bond acceptors (Lipinski definition) is 3. The van der Waals surface area contributed by atoms with Gasteiger partial charge in [-0.3, -0.25) is 4.79 Å². The van der Waals surface area contributed by atoms with Crippen molar-refractivity contribution in [1.82, 2.24) is 15.1 Å². The van der Waals surface area contributed by atoms with Crippen molar-refractivity contribution in [1.29, 1.82) is 0 Å². The predicted molar refractivity (Wildman–Crippen MR) is 68.9 cm³/mol. The summed E-state index contributed by atoms with van der Waals surface area (Å²) in [5.41, 5.74) is 0. The second-order valence-corrected chi connectivity index (χ2v) is 5.70. The highest BCUT2D eigenvalue weighted by atomic mass is 16.2. The smallest absolute Gasteiger partial charge is 0.239 e. The average molecular weight is 239 g/mol. The van der Waals surface area contributed by atoms with Gasteiger partial charge in [-0.15, -0.1) is 0 Å². The van der Waals surface area contributed by atoms with E-state index in [-0.39, 0.29) is 6.04 Å². The maximum Gasteiger partial charge on any atom is 0.239 e. The molecule has 17 heavy (non-hydrogen) atoms. The molecule has 0 aromatic carbocycles. The zero-order valence-electron chi connectivity index (χ0n) is 11.3. The highest BCUT2D eigenvalue weighted by Crippen LogP contribution is 2.25. The van der Waals surface area contributed by atoms with Crippen molar-refractivity contribution >= 4 is 5.91 Å². The van der Waals surface area contributed by atoms with E-state index < -0.39 is 0 Å². The molecule has 2 aliphatic rings. The van der Waals surface area contributed by atoms with Crippen molar-refractivity contribution in [2.45, 2.75) is 51.2 Å². The summed E-state index contributed by atoms with van der Waals surface area (Å²) < 4.78 is 0. The van der Waals surface area contributed by atoms with Crippen LogP contribution >= 0.6 is 0 Å². The lowest BCUT2D eigenvalue weighted by molar-refractivity contribution is -0.129. The van der Waals surface area contributed by atoms with E-state index in [9.17, 15) is 4.79 Å². The molecular formula is C13H25N3O. The third-order valence-corrected chi connectivity index (χ3v) is 3.72. The quantitative estimate of drug-likeness (QED) is 0.740. The molecule has 1 atom stereocenters. The van der Waals surface area contributed by atoms with Crippen LogP contribution in [0.4, 0.5) is 0 Å². The van der Waals surface area contributed by atoms with E-state index in [2.05, 4.69) is 31.1 Å². The number of carbonyl (C=O) groups is 1. The van der Waals surface area contributed by atoms with Crippen LogP contribution in [0.15, 0.2) is 0 Å². The maximum absolute atomic E-state index is 12.1. The molecule has 4 heteroatoms. The van der Waals surface area contributed by atoms with Crippen molar-refractivity contribution < 1.29 is 4.79 Å². The summed E-state index contributed by atoms with van der Waals surface area (Å²) in [4.78, 5) is 16.5. The Kier molecular flexibility index (Phi) is 4.05. The minimum atomic E-state index is 0.0567. The molecule has 0 aromatic heterocycles. The molecule has 0 bridgehead atoms. The van der Waals surface area contributed by atoms with E-state index in [4.69, 9.17) is 0 Å². The van der Waals surface area contributed by atoms with Crippen LogP contribution in [-0.4, -0.2) is 60.5 Å². The fourth-order valence-electron chi connectivity index (χ4n) is 2.49. The van der Waals surface area contributed by atoms with Crippen LogP contribution < -0.4 is 5.32 Å². The van der Waals surface area contributed by atoms with Crippen molar-refractivity contribution in [3.8, 4) is 0 Å². The van der Waals surface area contributed by atoms with Gasteiger partial charge in [-0.05, 0) is 26.3 Å². The van der Waals surface area contributed by atoms with E-state index in [0.717, 1.165) is 32.1 Å². The normalized spacial score (nSPS) is 25.4. The summed E-state index contributed by atoms with van der Waals surface area (Å²) in [6, 6.07) is 1.23. The highest BCUT2D eigenvalue weighted by molar-refractivity contribution is 5.84. The Balaban J connectivity index is 1.73. The lowest BCUT2D eigenvalue weighted by atomic mass is 10.2. The molecule has 0 aromatic rings. The molecule has 4 nitrogen and oxygen atoms in total. The number of hydrogen-bond donors (Lipinski definition) is 1. The maximum atomic E-state index is 12.1. The lowest BCUT2D eigenvalue weighted by Crippen LogP contribution is -2.43. The molecule has 1 heterocycles. The molecule has 1 unspecified atom stereocenters. The Hall–Kier alpha value is -0.610. The van der Waals surface area contributed by atoms with Crippen LogP contribution in [0.1, 0.15) is 33.1 Å². The molecule has 0 spiro atoms. The van der Waals surface area contributed by atoms with Crippen LogP contribution in [0.25, 0.3) is 0 Å². The summed E-state index contributed by atoms with van der Waals surface area (Å²) in [5.74, 6) is 0.294. The minimum Gasteiger partial charge on any atom is -0.340 e. The Morgan fingerprint density at radius 3 is 2.71 bits per heavy atom. The van der Waals surface area contributed by atoms with Gasteiger partial charge in [0.1, 0.15) is 0 Å². The summed E-state index contributed by atoms with van der Waals surface area (Å²) in [6.07, 6.45) is 3.63. The Labute approximate surface area is 104 Å². The molecule has 2 fully saturated rings. The van der Waals surface area contributed by atoms with Crippen LogP contribution in [0.5, 0.6) is 0 Å². The van der Waals surface area contributed by atoms with Gasteiger partial charge in [0.15, 0.2) is 0 Å². The SMILES string of the molecule is CC(C)NC1CCN(CCN(C)C2CC2)C1=O. The summed E-state index contributed by atoms with van der Waals surface area (Å²) in [7, 11) is 2.17. The van der Waals surface area contributed by atoms with E-state index >= 15 is 0 Å². The fourth-order valence-corrected chi connectivity index (χ4v) is 2.49. The lowest BCUT2D eigenvalue weighted by Gasteiger charge is -2.22. The Bertz CT molecular complexity index is 276. The second-order valence-electron chi connectivity index (χ2n) is 5.70. The summed E-state index contributed by atoms with van der Waals surface area (Å²) in [6.45, 7) is 7.02. The Morgan fingerprint density at radius 2 is 2.12 bits per heavy atom. The zero-order valence-corrected chi connectivity index (χ0v) is 11.3. The number of likely N-dealkylation sites (N-methyl/N-ethyl adjacent to an activating group) is 1. The van der Waals surface area contributed by atoms with Crippen molar-refractivity contribution in [2.75, 3.05) is 26.7 Å². The van der Waals surface area contributed by atoms with Gasteiger partial charge in [0.2, 0.25) is 5.91 Å². The molecule has 2 rings (SSSR count). The first-order chi connectivity index (χ1) is 8.08. The van der Waals surface area contributed by atoms with Gasteiger partial charge in [-0.2, -0.15) is 0 Å². The molecule has 1 N–H and O–H groups in total. The minimum absolute atomic E-state index is 0.0567. The van der Waals surface area contributed by atoms with Crippen LogP contribution in [0, 0.1) is 0 Å². The fraction of sp³-hybridized carbons (Fsp3) is 0.923. The molecular weight excluding hydrogens is 214 g/mol. The van der Waals surface area contributed by atoms with Crippen LogP contribution in [0.2, 0.25) is 0 Å². The number of likely N-dealkylation sites (tertiary alicyclic amines) is 1. The van der Waals surface area contributed by atoms with E-state index in [0.29, 0.717) is 11.9 Å². The van der Waals surface area contributed by atoms with E-state index in [1.165, 1.54) is 12.8 Å². The van der Waals surface area contributed by atoms with Gasteiger partial charge in [0.25, 0.3) is 0 Å². The number of amides is 1. The molecule has 0 radical (unpaired) electrons. The molecule has 98 valence electrons. The first-order valence-electron chi connectivity index (χ1n) is 6.83. The van der Waals surface area contributed by atoms with Crippen LogP contribution in [-0.2, 0) is 4.79 Å². The molecule has 1 saturated heterocycles. The monoisotopic (exact) mass is 239 g/mol. The van der Waals surface area contributed by atoms with Gasteiger partial charge in [-0.25, -0.2) is 0 Å². The summed E-state index contributed by atoms with van der Waals surface area (Å²) in [5, 5.41) is 3.34. The van der Waals surface area contributed by atoms with Gasteiger partial charge >= 0.3 is 0 Å². The first kappa shape index (κ1) is 12.8. The Morgan fingerprint density at radius 1 is 1.41 bits per heavy atom. The largest absolute Gasteiger partial charge is 0.340 e. The second kappa shape index (κ2) is 5.36. The molecule has 1 amide bonds. The average Bonchev–Trinajstić information content (AvgIpc) is 3.05. The number of nitrogens with one attached hydrogen (secondary N) is 1. The van der Waals surface area contributed by atoms with Gasteiger partial charge in [0.05, 0.1) is 6.04 Å². The number of nitrogens with zero attached hydrogens (tertiary/aromatic N) is 2. The van der Waals surface area contributed by atoms with Crippen LogP contribution in [0.3, 0.4) is 0 Å². The van der Waals surface area contributed by atoms with Crippen molar-refractivity contribution in [2.24, 2.45) is 0 Å². The van der Waals surface area contributed by atoms with Crippen molar-refractivity contribution in [3.63, 3.8) is 0 Å². The molecule has 1 saturated carbocycles. The standard InChI is InChI=1S/C13H25N3O/c1-10(2)14-12-6-7-16(13(12)17)9-8-15(3)11-4-5-11/h10-12,14H,4-9H2,1-3H3. The zero-order chi connectivity index (χ0) is 12.4. The first-order valence-corrected chi connectivity index (χ1v) is 6.83. The van der Waals surface area contributed by atoms with E-state index in [1.54, 1.807) is 0 Å². The number of carbonyl (C=O) groups excluding carboxylic acids is 1. The van der Waals surface area contributed by atoms with E-state index in [1.807, 2.05) is 4.90 Å².